The molecular weight excluding hydrogens is 200 g/mol. The summed E-state index contributed by atoms with van der Waals surface area (Å²) in [5, 5.41) is 0. The van der Waals surface area contributed by atoms with Crippen molar-refractivity contribution in [3.05, 3.63) is 30.1 Å². The SMILES string of the molecule is CCC(CN)C(N)c1ccc2nc[nH]c2c1. The number of nitrogens with two attached hydrogens (primary N) is 2. The van der Waals surface area contributed by atoms with E-state index in [1.807, 2.05) is 12.1 Å². The molecule has 0 saturated heterocycles. The van der Waals surface area contributed by atoms with E-state index in [1.54, 1.807) is 6.33 Å². The zero-order valence-electron chi connectivity index (χ0n) is 9.48. The summed E-state index contributed by atoms with van der Waals surface area (Å²) in [4.78, 5) is 7.28. The first kappa shape index (κ1) is 11.1. The van der Waals surface area contributed by atoms with Crippen LogP contribution in [0, 0.1) is 5.92 Å². The zero-order chi connectivity index (χ0) is 11.5. The Morgan fingerprint density at radius 3 is 2.94 bits per heavy atom. The van der Waals surface area contributed by atoms with Gasteiger partial charge in [0.25, 0.3) is 0 Å². The van der Waals surface area contributed by atoms with Crippen LogP contribution in [0.1, 0.15) is 24.9 Å². The highest BCUT2D eigenvalue weighted by Gasteiger charge is 2.16. The third-order valence-electron chi connectivity index (χ3n) is 3.16. The van der Waals surface area contributed by atoms with Crippen molar-refractivity contribution < 1.29 is 0 Å². The van der Waals surface area contributed by atoms with E-state index in [0.717, 1.165) is 23.0 Å². The van der Waals surface area contributed by atoms with E-state index >= 15 is 0 Å². The van der Waals surface area contributed by atoms with Crippen LogP contribution in [0.2, 0.25) is 0 Å². The average molecular weight is 218 g/mol. The van der Waals surface area contributed by atoms with Crippen LogP contribution in [0.5, 0.6) is 0 Å². The minimum absolute atomic E-state index is 0.00250. The molecule has 1 aromatic carbocycles. The number of H-pyrrole nitrogens is 1. The number of benzene rings is 1. The molecule has 0 aliphatic rings. The van der Waals surface area contributed by atoms with Crippen LogP contribution in [0.4, 0.5) is 0 Å². The number of aromatic amines is 1. The van der Waals surface area contributed by atoms with Gasteiger partial charge in [-0.05, 0) is 30.2 Å². The minimum Gasteiger partial charge on any atom is -0.345 e. The van der Waals surface area contributed by atoms with Gasteiger partial charge in [0, 0.05) is 6.04 Å². The van der Waals surface area contributed by atoms with E-state index in [-0.39, 0.29) is 6.04 Å². The van der Waals surface area contributed by atoms with Crippen LogP contribution >= 0.6 is 0 Å². The maximum atomic E-state index is 6.21. The summed E-state index contributed by atoms with van der Waals surface area (Å²) in [6, 6.07) is 6.09. The Morgan fingerprint density at radius 2 is 2.25 bits per heavy atom. The summed E-state index contributed by atoms with van der Waals surface area (Å²) < 4.78 is 0. The molecule has 86 valence electrons. The van der Waals surface area contributed by atoms with Crippen LogP contribution in [-0.2, 0) is 0 Å². The van der Waals surface area contributed by atoms with Crippen molar-refractivity contribution in [1.29, 1.82) is 0 Å². The molecule has 4 heteroatoms. The Kier molecular flexibility index (Phi) is 3.22. The van der Waals surface area contributed by atoms with Gasteiger partial charge in [0.05, 0.1) is 17.4 Å². The molecule has 2 rings (SSSR count). The Morgan fingerprint density at radius 1 is 1.44 bits per heavy atom. The molecule has 16 heavy (non-hydrogen) atoms. The molecule has 1 aromatic heterocycles. The number of rotatable bonds is 4. The molecule has 0 radical (unpaired) electrons. The number of nitrogens with one attached hydrogen (secondary N) is 1. The zero-order valence-corrected chi connectivity index (χ0v) is 9.48. The highest BCUT2D eigenvalue weighted by Crippen LogP contribution is 2.23. The second-order valence-electron chi connectivity index (χ2n) is 4.11. The molecule has 2 atom stereocenters. The lowest BCUT2D eigenvalue weighted by Crippen LogP contribution is -2.27. The Hall–Kier alpha value is -1.39. The Balaban J connectivity index is 2.31. The minimum atomic E-state index is 0.00250. The molecule has 2 aromatic rings. The molecule has 0 amide bonds. The van der Waals surface area contributed by atoms with Gasteiger partial charge in [-0.1, -0.05) is 19.4 Å². The van der Waals surface area contributed by atoms with E-state index in [1.165, 1.54) is 0 Å². The van der Waals surface area contributed by atoms with Gasteiger partial charge in [0.2, 0.25) is 0 Å². The molecule has 1 heterocycles. The number of nitrogens with zero attached hydrogens (tertiary/aromatic N) is 1. The predicted octanol–water partition coefficient (Wildman–Crippen LogP) is 1.55. The second kappa shape index (κ2) is 4.63. The average Bonchev–Trinajstić information content (AvgIpc) is 2.77. The Bertz CT molecular complexity index is 459. The fourth-order valence-electron chi connectivity index (χ4n) is 2.00. The van der Waals surface area contributed by atoms with Crippen molar-refractivity contribution >= 4 is 11.0 Å². The molecule has 0 aliphatic carbocycles. The van der Waals surface area contributed by atoms with Gasteiger partial charge >= 0.3 is 0 Å². The van der Waals surface area contributed by atoms with Gasteiger partial charge in [0.15, 0.2) is 0 Å². The first-order chi connectivity index (χ1) is 7.76. The highest BCUT2D eigenvalue weighted by atomic mass is 14.9. The standard InChI is InChI=1S/C12H18N4/c1-2-8(6-13)12(14)9-3-4-10-11(5-9)16-7-15-10/h3-5,7-8,12H,2,6,13-14H2,1H3,(H,15,16). The summed E-state index contributed by atoms with van der Waals surface area (Å²) in [7, 11) is 0. The van der Waals surface area contributed by atoms with Gasteiger partial charge in [0.1, 0.15) is 0 Å². The molecule has 0 spiro atoms. The number of aromatic nitrogens is 2. The fourth-order valence-corrected chi connectivity index (χ4v) is 2.00. The van der Waals surface area contributed by atoms with Gasteiger partial charge < -0.3 is 16.5 Å². The summed E-state index contributed by atoms with van der Waals surface area (Å²) in [5.74, 6) is 0.334. The largest absolute Gasteiger partial charge is 0.345 e. The molecule has 0 saturated carbocycles. The number of fused-ring (bicyclic) bond motifs is 1. The molecular formula is C12H18N4. The lowest BCUT2D eigenvalue weighted by molar-refractivity contribution is 0.428. The summed E-state index contributed by atoms with van der Waals surface area (Å²) >= 11 is 0. The van der Waals surface area contributed by atoms with Gasteiger partial charge in [-0.3, -0.25) is 0 Å². The second-order valence-corrected chi connectivity index (χ2v) is 4.11. The normalized spacial score (nSPS) is 15.2. The van der Waals surface area contributed by atoms with Crippen LogP contribution in [0.25, 0.3) is 11.0 Å². The fraction of sp³-hybridized carbons (Fsp3) is 0.417. The maximum absolute atomic E-state index is 6.21. The lowest BCUT2D eigenvalue weighted by atomic mass is 9.91. The number of imidazole rings is 1. The molecule has 2 unspecified atom stereocenters. The van der Waals surface area contributed by atoms with Crippen molar-refractivity contribution in [3.63, 3.8) is 0 Å². The van der Waals surface area contributed by atoms with Crippen molar-refractivity contribution in [2.24, 2.45) is 17.4 Å². The Labute approximate surface area is 95.0 Å². The first-order valence-corrected chi connectivity index (χ1v) is 5.65. The third kappa shape index (κ3) is 1.94. The van der Waals surface area contributed by atoms with E-state index < -0.39 is 0 Å². The van der Waals surface area contributed by atoms with Crippen molar-refractivity contribution in [2.45, 2.75) is 19.4 Å². The topological polar surface area (TPSA) is 80.7 Å². The van der Waals surface area contributed by atoms with Crippen LogP contribution in [-0.4, -0.2) is 16.5 Å². The summed E-state index contributed by atoms with van der Waals surface area (Å²) in [6.45, 7) is 2.74. The molecule has 0 aliphatic heterocycles. The van der Waals surface area contributed by atoms with Crippen LogP contribution in [0.3, 0.4) is 0 Å². The van der Waals surface area contributed by atoms with Crippen molar-refractivity contribution in [1.82, 2.24) is 9.97 Å². The summed E-state index contributed by atoms with van der Waals surface area (Å²) in [6.07, 6.45) is 2.69. The molecule has 5 N–H and O–H groups in total. The molecule has 4 nitrogen and oxygen atoms in total. The molecule has 0 fully saturated rings. The monoisotopic (exact) mass is 218 g/mol. The van der Waals surface area contributed by atoms with Crippen molar-refractivity contribution in [2.75, 3.05) is 6.54 Å². The molecule has 0 bridgehead atoms. The quantitative estimate of drug-likeness (QED) is 0.728. The van der Waals surface area contributed by atoms with E-state index in [4.69, 9.17) is 11.5 Å². The van der Waals surface area contributed by atoms with Crippen LogP contribution in [0.15, 0.2) is 24.5 Å². The highest BCUT2D eigenvalue weighted by molar-refractivity contribution is 5.75. The lowest BCUT2D eigenvalue weighted by Gasteiger charge is -2.21. The predicted molar refractivity (Wildman–Crippen MR) is 65.9 cm³/mol. The summed E-state index contributed by atoms with van der Waals surface area (Å²) in [5.41, 5.74) is 15.0. The maximum Gasteiger partial charge on any atom is 0.0931 e. The van der Waals surface area contributed by atoms with Gasteiger partial charge in [-0.15, -0.1) is 0 Å². The number of hydrogen-bond acceptors (Lipinski definition) is 3. The van der Waals surface area contributed by atoms with E-state index in [9.17, 15) is 0 Å². The van der Waals surface area contributed by atoms with Gasteiger partial charge in [-0.25, -0.2) is 4.98 Å². The van der Waals surface area contributed by atoms with E-state index in [0.29, 0.717) is 12.5 Å². The number of hydrogen-bond donors (Lipinski definition) is 3. The van der Waals surface area contributed by atoms with E-state index in [2.05, 4.69) is 23.0 Å². The first-order valence-electron chi connectivity index (χ1n) is 5.65. The smallest absolute Gasteiger partial charge is 0.0931 e. The van der Waals surface area contributed by atoms with Crippen molar-refractivity contribution in [3.8, 4) is 0 Å². The van der Waals surface area contributed by atoms with Gasteiger partial charge in [-0.2, -0.15) is 0 Å². The third-order valence-corrected chi connectivity index (χ3v) is 3.16. The van der Waals surface area contributed by atoms with Crippen LogP contribution < -0.4 is 11.5 Å².